The van der Waals surface area contributed by atoms with Crippen LogP contribution in [0.25, 0.3) is 0 Å². The average Bonchev–Trinajstić information content (AvgIpc) is 2.67. The van der Waals surface area contributed by atoms with E-state index in [9.17, 15) is 9.59 Å². The van der Waals surface area contributed by atoms with Gasteiger partial charge in [0.1, 0.15) is 17.5 Å². The molecule has 0 aliphatic heterocycles. The zero-order valence-corrected chi connectivity index (χ0v) is 17.3. The predicted molar refractivity (Wildman–Crippen MR) is 110 cm³/mol. The standard InChI is InChI=1S/C22H28N2O4/c1-14(20(25)24-18-13-17(27-5)11-12-19(18)28-6)23-21(26)15-7-9-16(10-8-15)22(2,3)4/h7-14H,1-6H3,(H,23,26)(H,24,25). The number of amides is 2. The summed E-state index contributed by atoms with van der Waals surface area (Å²) in [6.45, 7) is 7.97. The quantitative estimate of drug-likeness (QED) is 0.795. The third-order valence-electron chi connectivity index (χ3n) is 4.42. The average molecular weight is 384 g/mol. The summed E-state index contributed by atoms with van der Waals surface area (Å²) >= 11 is 0. The summed E-state index contributed by atoms with van der Waals surface area (Å²) in [5.41, 5.74) is 2.13. The molecule has 1 unspecified atom stereocenters. The summed E-state index contributed by atoms with van der Waals surface area (Å²) < 4.78 is 10.4. The van der Waals surface area contributed by atoms with E-state index in [1.807, 2.05) is 12.1 Å². The number of methoxy groups -OCH3 is 2. The highest BCUT2D eigenvalue weighted by Crippen LogP contribution is 2.29. The highest BCUT2D eigenvalue weighted by Gasteiger charge is 2.19. The maximum atomic E-state index is 12.5. The molecule has 6 nitrogen and oxygen atoms in total. The number of anilines is 1. The molecule has 6 heteroatoms. The van der Waals surface area contributed by atoms with Gasteiger partial charge in [0.05, 0.1) is 19.9 Å². The largest absolute Gasteiger partial charge is 0.497 e. The number of carbonyl (C=O) groups excluding carboxylic acids is 2. The summed E-state index contributed by atoms with van der Waals surface area (Å²) in [6.07, 6.45) is 0. The Balaban J connectivity index is 2.05. The van der Waals surface area contributed by atoms with Crippen molar-refractivity contribution in [2.24, 2.45) is 0 Å². The van der Waals surface area contributed by atoms with Gasteiger partial charge in [-0.25, -0.2) is 0 Å². The van der Waals surface area contributed by atoms with Gasteiger partial charge in [0, 0.05) is 11.6 Å². The first kappa shape index (κ1) is 21.3. The molecule has 0 aromatic heterocycles. The Morgan fingerprint density at radius 3 is 2.14 bits per heavy atom. The summed E-state index contributed by atoms with van der Waals surface area (Å²) in [7, 11) is 3.06. The van der Waals surface area contributed by atoms with Crippen LogP contribution >= 0.6 is 0 Å². The number of ether oxygens (including phenoxy) is 2. The second kappa shape index (κ2) is 8.78. The molecule has 2 amide bonds. The van der Waals surface area contributed by atoms with Gasteiger partial charge in [0.15, 0.2) is 0 Å². The molecule has 28 heavy (non-hydrogen) atoms. The summed E-state index contributed by atoms with van der Waals surface area (Å²) in [5, 5.41) is 5.48. The Morgan fingerprint density at radius 2 is 1.61 bits per heavy atom. The number of hydrogen-bond acceptors (Lipinski definition) is 4. The van der Waals surface area contributed by atoms with E-state index in [1.54, 1.807) is 44.4 Å². The Morgan fingerprint density at radius 1 is 0.964 bits per heavy atom. The number of rotatable bonds is 6. The normalized spacial score (nSPS) is 12.1. The van der Waals surface area contributed by atoms with E-state index >= 15 is 0 Å². The highest BCUT2D eigenvalue weighted by molar-refractivity contribution is 6.01. The second-order valence-electron chi connectivity index (χ2n) is 7.58. The van der Waals surface area contributed by atoms with Crippen LogP contribution in [0.2, 0.25) is 0 Å². The molecular weight excluding hydrogens is 356 g/mol. The molecule has 0 fully saturated rings. The number of benzene rings is 2. The minimum Gasteiger partial charge on any atom is -0.497 e. The van der Waals surface area contributed by atoms with Gasteiger partial charge in [-0.15, -0.1) is 0 Å². The lowest BCUT2D eigenvalue weighted by Gasteiger charge is -2.19. The number of carbonyl (C=O) groups is 2. The van der Waals surface area contributed by atoms with Gasteiger partial charge in [-0.05, 0) is 42.2 Å². The van der Waals surface area contributed by atoms with Gasteiger partial charge in [-0.2, -0.15) is 0 Å². The molecule has 0 spiro atoms. The van der Waals surface area contributed by atoms with Crippen molar-refractivity contribution in [1.82, 2.24) is 5.32 Å². The highest BCUT2D eigenvalue weighted by atomic mass is 16.5. The Labute approximate surface area is 166 Å². The summed E-state index contributed by atoms with van der Waals surface area (Å²) in [5.74, 6) is 0.434. The minimum absolute atomic E-state index is 0.0119. The molecule has 2 rings (SSSR count). The summed E-state index contributed by atoms with van der Waals surface area (Å²) in [6, 6.07) is 11.8. The zero-order chi connectivity index (χ0) is 20.9. The van der Waals surface area contributed by atoms with E-state index in [2.05, 4.69) is 31.4 Å². The lowest BCUT2D eigenvalue weighted by atomic mass is 9.86. The third kappa shape index (κ3) is 5.25. The SMILES string of the molecule is COc1ccc(OC)c(NC(=O)C(C)NC(=O)c2ccc(C(C)(C)C)cc2)c1. The van der Waals surface area contributed by atoms with Crippen LogP contribution in [0.1, 0.15) is 43.6 Å². The van der Waals surface area contributed by atoms with Gasteiger partial charge in [-0.3, -0.25) is 9.59 Å². The van der Waals surface area contributed by atoms with Crippen molar-refractivity contribution >= 4 is 17.5 Å². The second-order valence-corrected chi connectivity index (χ2v) is 7.58. The molecule has 2 aromatic rings. The van der Waals surface area contributed by atoms with Crippen LogP contribution in [0.15, 0.2) is 42.5 Å². The van der Waals surface area contributed by atoms with Gasteiger partial charge < -0.3 is 20.1 Å². The van der Waals surface area contributed by atoms with Crippen molar-refractivity contribution in [2.45, 2.75) is 39.2 Å². The van der Waals surface area contributed by atoms with E-state index in [0.717, 1.165) is 5.56 Å². The van der Waals surface area contributed by atoms with Crippen LogP contribution in [0.5, 0.6) is 11.5 Å². The maximum Gasteiger partial charge on any atom is 0.251 e. The van der Waals surface area contributed by atoms with Crippen LogP contribution in [0, 0.1) is 0 Å². The van der Waals surface area contributed by atoms with Crippen molar-refractivity contribution < 1.29 is 19.1 Å². The fourth-order valence-electron chi connectivity index (χ4n) is 2.62. The van der Waals surface area contributed by atoms with Crippen LogP contribution < -0.4 is 20.1 Å². The number of hydrogen-bond donors (Lipinski definition) is 2. The van der Waals surface area contributed by atoms with Crippen molar-refractivity contribution in [2.75, 3.05) is 19.5 Å². The first-order valence-corrected chi connectivity index (χ1v) is 9.10. The van der Waals surface area contributed by atoms with E-state index < -0.39 is 6.04 Å². The Hall–Kier alpha value is -3.02. The molecule has 2 aromatic carbocycles. The molecular formula is C22H28N2O4. The van der Waals surface area contributed by atoms with Crippen molar-refractivity contribution in [3.05, 3.63) is 53.6 Å². The van der Waals surface area contributed by atoms with Crippen LogP contribution in [-0.4, -0.2) is 32.1 Å². The van der Waals surface area contributed by atoms with Gasteiger partial charge in [0.2, 0.25) is 5.91 Å². The lowest BCUT2D eigenvalue weighted by Crippen LogP contribution is -2.41. The molecule has 0 heterocycles. The summed E-state index contributed by atoms with van der Waals surface area (Å²) in [4.78, 5) is 25.0. The molecule has 0 saturated carbocycles. The lowest BCUT2D eigenvalue weighted by molar-refractivity contribution is -0.117. The maximum absolute atomic E-state index is 12.5. The third-order valence-corrected chi connectivity index (χ3v) is 4.42. The van der Waals surface area contributed by atoms with E-state index in [4.69, 9.17) is 9.47 Å². The minimum atomic E-state index is -0.731. The van der Waals surface area contributed by atoms with Crippen LogP contribution in [0.3, 0.4) is 0 Å². The fourth-order valence-corrected chi connectivity index (χ4v) is 2.62. The van der Waals surface area contributed by atoms with Crippen molar-refractivity contribution in [1.29, 1.82) is 0 Å². The van der Waals surface area contributed by atoms with Gasteiger partial charge in [0.25, 0.3) is 5.91 Å². The molecule has 0 aliphatic rings. The molecule has 0 aliphatic carbocycles. The topological polar surface area (TPSA) is 76.7 Å². The van der Waals surface area contributed by atoms with E-state index in [-0.39, 0.29) is 17.2 Å². The molecule has 0 radical (unpaired) electrons. The first-order valence-electron chi connectivity index (χ1n) is 9.10. The van der Waals surface area contributed by atoms with Crippen LogP contribution in [-0.2, 0) is 10.2 Å². The smallest absolute Gasteiger partial charge is 0.251 e. The first-order chi connectivity index (χ1) is 13.2. The van der Waals surface area contributed by atoms with E-state index in [1.165, 1.54) is 7.11 Å². The van der Waals surface area contributed by atoms with Gasteiger partial charge >= 0.3 is 0 Å². The molecule has 0 bridgehead atoms. The van der Waals surface area contributed by atoms with Crippen molar-refractivity contribution in [3.8, 4) is 11.5 Å². The predicted octanol–water partition coefficient (Wildman–Crippen LogP) is 3.76. The van der Waals surface area contributed by atoms with Gasteiger partial charge in [-0.1, -0.05) is 32.9 Å². The molecule has 150 valence electrons. The number of nitrogens with one attached hydrogen (secondary N) is 2. The van der Waals surface area contributed by atoms with Crippen molar-refractivity contribution in [3.63, 3.8) is 0 Å². The molecule has 0 saturated heterocycles. The Bertz CT molecular complexity index is 839. The molecule has 1 atom stereocenters. The molecule has 2 N–H and O–H groups in total. The van der Waals surface area contributed by atoms with Crippen LogP contribution in [0.4, 0.5) is 5.69 Å². The zero-order valence-electron chi connectivity index (χ0n) is 17.3. The monoisotopic (exact) mass is 384 g/mol. The Kier molecular flexibility index (Phi) is 6.67. The fraction of sp³-hybridized carbons (Fsp3) is 0.364. The van der Waals surface area contributed by atoms with E-state index in [0.29, 0.717) is 22.7 Å².